The molecule has 2 aromatic rings. The first-order chi connectivity index (χ1) is 8.84. The Morgan fingerprint density at radius 1 is 1.26 bits per heavy atom. The molecule has 1 aromatic heterocycles. The second-order valence-electron chi connectivity index (χ2n) is 6.13. The van der Waals surface area contributed by atoms with Crippen molar-refractivity contribution < 1.29 is 0 Å². The van der Waals surface area contributed by atoms with E-state index in [-0.39, 0.29) is 5.41 Å². The van der Waals surface area contributed by atoms with Gasteiger partial charge < -0.3 is 10.3 Å². The molecule has 0 saturated carbocycles. The van der Waals surface area contributed by atoms with Crippen LogP contribution in [0.1, 0.15) is 37.6 Å². The molecule has 0 bridgehead atoms. The molecule has 3 nitrogen and oxygen atoms in total. The Kier molecular flexibility index (Phi) is 3.50. The highest BCUT2D eigenvalue weighted by molar-refractivity contribution is 5.67. The normalized spacial score (nSPS) is 11.9. The molecule has 0 aliphatic carbocycles. The Hall–Kier alpha value is -1.61. The first-order valence-corrected chi connectivity index (χ1v) is 6.66. The molecule has 0 atom stereocenters. The van der Waals surface area contributed by atoms with Crippen LogP contribution in [-0.2, 0) is 19.0 Å². The quantitative estimate of drug-likeness (QED) is 0.898. The number of imidazole rings is 1. The molecule has 0 aliphatic rings. The highest BCUT2D eigenvalue weighted by atomic mass is 15.0. The monoisotopic (exact) mass is 257 g/mol. The van der Waals surface area contributed by atoms with Crippen molar-refractivity contribution >= 4 is 0 Å². The molecule has 0 amide bonds. The second-order valence-corrected chi connectivity index (χ2v) is 6.13. The molecule has 0 aliphatic heterocycles. The van der Waals surface area contributed by atoms with E-state index in [4.69, 9.17) is 5.73 Å². The van der Waals surface area contributed by atoms with E-state index in [1.807, 2.05) is 13.4 Å². The number of nitrogens with two attached hydrogens (primary N) is 1. The van der Waals surface area contributed by atoms with Gasteiger partial charge in [0.25, 0.3) is 0 Å². The van der Waals surface area contributed by atoms with Gasteiger partial charge in [0.05, 0.1) is 17.7 Å². The molecule has 102 valence electrons. The maximum atomic E-state index is 5.80. The van der Waals surface area contributed by atoms with Crippen LogP contribution in [0.25, 0.3) is 11.3 Å². The van der Waals surface area contributed by atoms with Crippen molar-refractivity contribution in [3.05, 3.63) is 41.3 Å². The summed E-state index contributed by atoms with van der Waals surface area (Å²) in [6, 6.07) is 6.66. The first kappa shape index (κ1) is 13.8. The molecular weight excluding hydrogens is 234 g/mol. The zero-order chi connectivity index (χ0) is 14.2. The highest BCUT2D eigenvalue weighted by Gasteiger charge is 2.18. The lowest BCUT2D eigenvalue weighted by atomic mass is 9.84. The van der Waals surface area contributed by atoms with Gasteiger partial charge in [0, 0.05) is 19.2 Å². The Morgan fingerprint density at radius 2 is 1.95 bits per heavy atom. The number of hydrogen-bond donors (Lipinski definition) is 1. The molecule has 2 rings (SSSR count). The molecule has 2 N–H and O–H groups in total. The van der Waals surface area contributed by atoms with Crippen molar-refractivity contribution in [3.8, 4) is 11.3 Å². The van der Waals surface area contributed by atoms with E-state index in [1.54, 1.807) is 0 Å². The van der Waals surface area contributed by atoms with Crippen LogP contribution in [0.5, 0.6) is 0 Å². The van der Waals surface area contributed by atoms with Gasteiger partial charge in [0.1, 0.15) is 0 Å². The fraction of sp³-hybridized carbons (Fsp3) is 0.438. The number of aryl methyl sites for hydroxylation is 2. The summed E-state index contributed by atoms with van der Waals surface area (Å²) < 4.78 is 2.05. The number of aromatic nitrogens is 2. The average Bonchev–Trinajstić information content (AvgIpc) is 2.69. The summed E-state index contributed by atoms with van der Waals surface area (Å²) >= 11 is 0. The van der Waals surface area contributed by atoms with Crippen LogP contribution in [0, 0.1) is 6.92 Å². The lowest BCUT2D eigenvalue weighted by Crippen LogP contribution is -2.11. The molecular formula is C16H23N3. The maximum absolute atomic E-state index is 5.80. The molecule has 1 heterocycles. The van der Waals surface area contributed by atoms with Crippen molar-refractivity contribution in [2.24, 2.45) is 12.8 Å². The van der Waals surface area contributed by atoms with Gasteiger partial charge in [-0.2, -0.15) is 0 Å². The molecule has 1 aromatic carbocycles. The Bertz CT molecular complexity index is 589. The zero-order valence-corrected chi connectivity index (χ0v) is 12.5. The van der Waals surface area contributed by atoms with Gasteiger partial charge in [-0.1, -0.05) is 32.9 Å². The lowest BCUT2D eigenvalue weighted by Gasteiger charge is -2.21. The summed E-state index contributed by atoms with van der Waals surface area (Å²) in [4.78, 5) is 4.38. The third-order valence-electron chi connectivity index (χ3n) is 3.56. The SMILES string of the molecule is Cc1ccc(C(C)(C)C)cc1-c1c(CN)ncn1C. The number of rotatable bonds is 2. The van der Waals surface area contributed by atoms with Gasteiger partial charge in [0.2, 0.25) is 0 Å². The summed E-state index contributed by atoms with van der Waals surface area (Å²) in [5.41, 5.74) is 11.8. The van der Waals surface area contributed by atoms with Crippen LogP contribution in [-0.4, -0.2) is 9.55 Å². The second kappa shape index (κ2) is 4.82. The maximum Gasteiger partial charge on any atom is 0.0952 e. The molecule has 0 fully saturated rings. The largest absolute Gasteiger partial charge is 0.333 e. The Balaban J connectivity index is 2.64. The third kappa shape index (κ3) is 2.56. The minimum atomic E-state index is 0.143. The minimum absolute atomic E-state index is 0.143. The lowest BCUT2D eigenvalue weighted by molar-refractivity contribution is 0.590. The molecule has 0 spiro atoms. The van der Waals surface area contributed by atoms with E-state index in [2.05, 4.69) is 55.4 Å². The summed E-state index contributed by atoms with van der Waals surface area (Å²) in [5.74, 6) is 0. The Labute approximate surface area is 115 Å². The molecule has 0 saturated heterocycles. The van der Waals surface area contributed by atoms with Crippen LogP contribution in [0.4, 0.5) is 0 Å². The standard InChI is InChI=1S/C16H23N3/c1-11-6-7-12(16(2,3)4)8-13(11)15-14(9-17)18-10-19(15)5/h6-8,10H,9,17H2,1-5H3. The predicted octanol–water partition coefficient (Wildman–Crippen LogP) is 3.15. The van der Waals surface area contributed by atoms with Crippen molar-refractivity contribution in [2.45, 2.75) is 39.7 Å². The van der Waals surface area contributed by atoms with E-state index in [0.29, 0.717) is 6.54 Å². The fourth-order valence-corrected chi connectivity index (χ4v) is 2.32. The van der Waals surface area contributed by atoms with Crippen LogP contribution in [0.15, 0.2) is 24.5 Å². The van der Waals surface area contributed by atoms with Gasteiger partial charge in [-0.3, -0.25) is 0 Å². The van der Waals surface area contributed by atoms with E-state index >= 15 is 0 Å². The van der Waals surface area contributed by atoms with E-state index in [1.165, 1.54) is 16.7 Å². The summed E-state index contributed by atoms with van der Waals surface area (Å²) in [7, 11) is 2.02. The highest BCUT2D eigenvalue weighted by Crippen LogP contribution is 2.31. The summed E-state index contributed by atoms with van der Waals surface area (Å²) in [6.07, 6.45) is 1.83. The number of hydrogen-bond acceptors (Lipinski definition) is 2. The van der Waals surface area contributed by atoms with Crippen LogP contribution in [0.3, 0.4) is 0 Å². The molecule has 19 heavy (non-hydrogen) atoms. The van der Waals surface area contributed by atoms with E-state index < -0.39 is 0 Å². The number of nitrogens with zero attached hydrogens (tertiary/aromatic N) is 2. The molecule has 0 radical (unpaired) electrons. The van der Waals surface area contributed by atoms with Crippen LogP contribution < -0.4 is 5.73 Å². The predicted molar refractivity (Wildman–Crippen MR) is 80.0 cm³/mol. The van der Waals surface area contributed by atoms with E-state index in [9.17, 15) is 0 Å². The van der Waals surface area contributed by atoms with Crippen molar-refractivity contribution in [2.75, 3.05) is 0 Å². The van der Waals surface area contributed by atoms with Gasteiger partial charge in [-0.15, -0.1) is 0 Å². The number of benzene rings is 1. The van der Waals surface area contributed by atoms with Crippen molar-refractivity contribution in [1.82, 2.24) is 9.55 Å². The first-order valence-electron chi connectivity index (χ1n) is 6.66. The van der Waals surface area contributed by atoms with Crippen molar-refractivity contribution in [1.29, 1.82) is 0 Å². The molecule has 3 heteroatoms. The molecule has 0 unspecified atom stereocenters. The van der Waals surface area contributed by atoms with Crippen molar-refractivity contribution in [3.63, 3.8) is 0 Å². The van der Waals surface area contributed by atoms with Gasteiger partial charge in [-0.25, -0.2) is 4.98 Å². The van der Waals surface area contributed by atoms with Gasteiger partial charge >= 0.3 is 0 Å². The summed E-state index contributed by atoms with van der Waals surface area (Å²) in [6.45, 7) is 9.29. The summed E-state index contributed by atoms with van der Waals surface area (Å²) in [5, 5.41) is 0. The van der Waals surface area contributed by atoms with E-state index in [0.717, 1.165) is 11.4 Å². The zero-order valence-electron chi connectivity index (χ0n) is 12.5. The van der Waals surface area contributed by atoms with Gasteiger partial charge in [-0.05, 0) is 29.5 Å². The van der Waals surface area contributed by atoms with Crippen LogP contribution in [0.2, 0.25) is 0 Å². The average molecular weight is 257 g/mol. The smallest absolute Gasteiger partial charge is 0.0952 e. The minimum Gasteiger partial charge on any atom is -0.333 e. The van der Waals surface area contributed by atoms with Crippen LogP contribution >= 0.6 is 0 Å². The topological polar surface area (TPSA) is 43.8 Å². The fourth-order valence-electron chi connectivity index (χ4n) is 2.32. The Morgan fingerprint density at radius 3 is 2.53 bits per heavy atom. The third-order valence-corrected chi connectivity index (χ3v) is 3.56. The van der Waals surface area contributed by atoms with Gasteiger partial charge in [0.15, 0.2) is 0 Å².